The van der Waals surface area contributed by atoms with Crippen LogP contribution in [-0.2, 0) is 15.0 Å². The molecular formula is C19H26N2O3. The third-order valence-corrected chi connectivity index (χ3v) is 5.18. The van der Waals surface area contributed by atoms with Crippen LogP contribution in [0.3, 0.4) is 0 Å². The van der Waals surface area contributed by atoms with Crippen LogP contribution in [-0.4, -0.2) is 35.6 Å². The van der Waals surface area contributed by atoms with Crippen molar-refractivity contribution in [3.05, 3.63) is 35.4 Å². The number of nitrogens with one attached hydrogen (secondary N) is 2. The van der Waals surface area contributed by atoms with Crippen LogP contribution in [0.4, 0.5) is 0 Å². The lowest BCUT2D eigenvalue weighted by Gasteiger charge is -2.24. The van der Waals surface area contributed by atoms with Crippen molar-refractivity contribution in [2.24, 2.45) is 5.92 Å². The van der Waals surface area contributed by atoms with Crippen LogP contribution >= 0.6 is 0 Å². The molecule has 2 aliphatic rings. The Kier molecular flexibility index (Phi) is 4.63. The van der Waals surface area contributed by atoms with E-state index in [1.807, 2.05) is 12.1 Å². The maximum Gasteiger partial charge on any atom is 0.245 e. The number of carbonyl (C=O) groups is 2. The van der Waals surface area contributed by atoms with Gasteiger partial charge in [-0.1, -0.05) is 24.3 Å². The van der Waals surface area contributed by atoms with Gasteiger partial charge >= 0.3 is 0 Å². The Hall–Kier alpha value is -1.88. The van der Waals surface area contributed by atoms with Gasteiger partial charge in [0.1, 0.15) is 6.04 Å². The number of benzene rings is 1. The number of rotatable bonds is 7. The highest BCUT2D eigenvalue weighted by Crippen LogP contribution is 2.48. The summed E-state index contributed by atoms with van der Waals surface area (Å²) in [6.45, 7) is 4.16. The van der Waals surface area contributed by atoms with Crippen LogP contribution in [0, 0.1) is 12.8 Å². The van der Waals surface area contributed by atoms with Crippen molar-refractivity contribution in [1.82, 2.24) is 10.6 Å². The molecule has 5 nitrogen and oxygen atoms in total. The molecule has 5 heteroatoms. The molecule has 130 valence electrons. The molecule has 0 bridgehead atoms. The van der Waals surface area contributed by atoms with Crippen molar-refractivity contribution in [3.8, 4) is 0 Å². The Morgan fingerprint density at radius 2 is 1.96 bits per heavy atom. The van der Waals surface area contributed by atoms with E-state index in [9.17, 15) is 14.7 Å². The Labute approximate surface area is 142 Å². The largest absolute Gasteiger partial charge is 0.391 e. The zero-order chi connectivity index (χ0) is 17.3. The van der Waals surface area contributed by atoms with Crippen LogP contribution in [0.25, 0.3) is 0 Å². The highest BCUT2D eigenvalue weighted by Gasteiger charge is 2.45. The SMILES string of the molecule is Cc1ccccc1C1(CNC(=O)C(NC(=O)C2CC2)C(C)O)CC1. The zero-order valence-corrected chi connectivity index (χ0v) is 14.3. The molecular weight excluding hydrogens is 304 g/mol. The second-order valence-electron chi connectivity index (χ2n) is 7.31. The summed E-state index contributed by atoms with van der Waals surface area (Å²) in [6, 6.07) is 7.37. The van der Waals surface area contributed by atoms with Gasteiger partial charge in [0, 0.05) is 17.9 Å². The van der Waals surface area contributed by atoms with E-state index in [0.717, 1.165) is 25.7 Å². The van der Waals surface area contributed by atoms with Crippen molar-refractivity contribution >= 4 is 11.8 Å². The van der Waals surface area contributed by atoms with E-state index < -0.39 is 12.1 Å². The topological polar surface area (TPSA) is 78.4 Å². The van der Waals surface area contributed by atoms with Gasteiger partial charge in [0.2, 0.25) is 11.8 Å². The van der Waals surface area contributed by atoms with Crippen molar-refractivity contribution in [3.63, 3.8) is 0 Å². The number of carbonyl (C=O) groups excluding carboxylic acids is 2. The van der Waals surface area contributed by atoms with Gasteiger partial charge in [0.25, 0.3) is 0 Å². The number of amides is 2. The lowest BCUT2D eigenvalue weighted by Crippen LogP contribution is -2.53. The number of aliphatic hydroxyl groups excluding tert-OH is 1. The van der Waals surface area contributed by atoms with Gasteiger partial charge in [-0.15, -0.1) is 0 Å². The molecule has 0 spiro atoms. The first-order valence-electron chi connectivity index (χ1n) is 8.75. The van der Waals surface area contributed by atoms with Crippen molar-refractivity contribution in [2.45, 2.75) is 57.1 Å². The number of aliphatic hydroxyl groups is 1. The lowest BCUT2D eigenvalue weighted by molar-refractivity contribution is -0.132. The molecule has 1 aromatic carbocycles. The van der Waals surface area contributed by atoms with Crippen LogP contribution in [0.5, 0.6) is 0 Å². The van der Waals surface area contributed by atoms with Crippen LogP contribution in [0.1, 0.15) is 43.7 Å². The van der Waals surface area contributed by atoms with Gasteiger partial charge in [-0.2, -0.15) is 0 Å². The average Bonchev–Trinajstić information content (AvgIpc) is 3.44. The molecule has 3 N–H and O–H groups in total. The van der Waals surface area contributed by atoms with E-state index in [1.54, 1.807) is 0 Å². The maximum absolute atomic E-state index is 12.5. The molecule has 2 aliphatic carbocycles. The fourth-order valence-electron chi connectivity index (χ4n) is 3.25. The van der Waals surface area contributed by atoms with Gasteiger partial charge in [-0.3, -0.25) is 9.59 Å². The molecule has 2 saturated carbocycles. The molecule has 2 unspecified atom stereocenters. The molecule has 0 heterocycles. The van der Waals surface area contributed by atoms with Crippen molar-refractivity contribution in [1.29, 1.82) is 0 Å². The molecule has 0 saturated heterocycles. The van der Waals surface area contributed by atoms with E-state index in [4.69, 9.17) is 0 Å². The van der Waals surface area contributed by atoms with E-state index in [-0.39, 0.29) is 23.1 Å². The highest BCUT2D eigenvalue weighted by atomic mass is 16.3. The Balaban J connectivity index is 1.61. The minimum atomic E-state index is -0.915. The summed E-state index contributed by atoms with van der Waals surface area (Å²) < 4.78 is 0. The molecule has 0 aliphatic heterocycles. The third-order valence-electron chi connectivity index (χ3n) is 5.18. The fraction of sp³-hybridized carbons (Fsp3) is 0.579. The van der Waals surface area contributed by atoms with E-state index in [2.05, 4.69) is 29.7 Å². The predicted molar refractivity (Wildman–Crippen MR) is 91.4 cm³/mol. The quantitative estimate of drug-likeness (QED) is 0.707. The van der Waals surface area contributed by atoms with Crippen molar-refractivity contribution in [2.75, 3.05) is 6.54 Å². The van der Waals surface area contributed by atoms with Gasteiger partial charge in [0.15, 0.2) is 0 Å². The van der Waals surface area contributed by atoms with Gasteiger partial charge in [-0.05, 0) is 50.7 Å². The van der Waals surface area contributed by atoms with Gasteiger partial charge < -0.3 is 15.7 Å². The molecule has 0 aromatic heterocycles. The average molecular weight is 330 g/mol. The first kappa shape index (κ1) is 17.0. The smallest absolute Gasteiger partial charge is 0.245 e. The van der Waals surface area contributed by atoms with Crippen LogP contribution in [0.15, 0.2) is 24.3 Å². The summed E-state index contributed by atoms with van der Waals surface area (Å²) in [5, 5.41) is 15.5. The summed E-state index contributed by atoms with van der Waals surface area (Å²) in [5.41, 5.74) is 2.52. The standard InChI is InChI=1S/C19H26N2O3/c1-12-5-3-4-6-15(12)19(9-10-19)11-20-18(24)16(13(2)22)21-17(23)14-7-8-14/h3-6,13-14,16,22H,7-11H2,1-2H3,(H,20,24)(H,21,23). The fourth-order valence-corrected chi connectivity index (χ4v) is 3.25. The molecule has 3 rings (SSSR count). The molecule has 2 amide bonds. The number of hydrogen-bond acceptors (Lipinski definition) is 3. The lowest BCUT2D eigenvalue weighted by atomic mass is 9.91. The Morgan fingerprint density at radius 3 is 2.50 bits per heavy atom. The van der Waals surface area contributed by atoms with Crippen LogP contribution < -0.4 is 10.6 Å². The Morgan fingerprint density at radius 1 is 1.29 bits per heavy atom. The summed E-state index contributed by atoms with van der Waals surface area (Å²) in [7, 11) is 0. The second-order valence-corrected chi connectivity index (χ2v) is 7.31. The number of hydrogen-bond donors (Lipinski definition) is 3. The second kappa shape index (κ2) is 6.55. The minimum absolute atomic E-state index is 0.00471. The molecule has 24 heavy (non-hydrogen) atoms. The summed E-state index contributed by atoms with van der Waals surface area (Å²) in [6.07, 6.45) is 2.92. The van der Waals surface area contributed by atoms with E-state index >= 15 is 0 Å². The summed E-state index contributed by atoms with van der Waals surface area (Å²) >= 11 is 0. The first-order valence-corrected chi connectivity index (χ1v) is 8.75. The monoisotopic (exact) mass is 330 g/mol. The maximum atomic E-state index is 12.5. The van der Waals surface area contributed by atoms with Gasteiger partial charge in [0.05, 0.1) is 6.10 Å². The molecule has 2 atom stereocenters. The third kappa shape index (κ3) is 3.61. The van der Waals surface area contributed by atoms with E-state index in [0.29, 0.717) is 6.54 Å². The molecule has 2 fully saturated rings. The highest BCUT2D eigenvalue weighted by molar-refractivity contribution is 5.89. The normalized spacial score (nSPS) is 20.8. The zero-order valence-electron chi connectivity index (χ0n) is 14.3. The van der Waals surface area contributed by atoms with Crippen LogP contribution in [0.2, 0.25) is 0 Å². The van der Waals surface area contributed by atoms with Gasteiger partial charge in [-0.25, -0.2) is 0 Å². The van der Waals surface area contributed by atoms with Crippen molar-refractivity contribution < 1.29 is 14.7 Å². The molecule has 1 aromatic rings. The summed E-state index contributed by atoms with van der Waals surface area (Å²) in [4.78, 5) is 24.4. The minimum Gasteiger partial charge on any atom is -0.391 e. The first-order chi connectivity index (χ1) is 11.4. The van der Waals surface area contributed by atoms with E-state index in [1.165, 1.54) is 18.1 Å². The number of aryl methyl sites for hydroxylation is 1. The Bertz CT molecular complexity index is 633. The molecule has 0 radical (unpaired) electrons. The predicted octanol–water partition coefficient (Wildman–Crippen LogP) is 1.42. The summed E-state index contributed by atoms with van der Waals surface area (Å²) in [5.74, 6) is -0.421.